The monoisotopic (exact) mass is 206 g/mol. The molecule has 0 spiro atoms. The fourth-order valence-electron chi connectivity index (χ4n) is 0.905. The van der Waals surface area contributed by atoms with Gasteiger partial charge in [-0.3, -0.25) is 0 Å². The number of benzene rings is 1. The Balaban J connectivity index is 2.66. The molecule has 5 heteroatoms. The Hall–Kier alpha value is -1.23. The second-order valence-corrected chi connectivity index (χ2v) is 2.61. The van der Waals surface area contributed by atoms with Crippen LogP contribution in [0.4, 0.5) is 13.2 Å². The van der Waals surface area contributed by atoms with Gasteiger partial charge in [0.05, 0.1) is 6.61 Å². The van der Waals surface area contributed by atoms with Crippen LogP contribution in [0.15, 0.2) is 18.2 Å². The second kappa shape index (κ2) is 4.85. The van der Waals surface area contributed by atoms with E-state index in [2.05, 4.69) is 4.74 Å². The molecule has 14 heavy (non-hydrogen) atoms. The van der Waals surface area contributed by atoms with E-state index in [0.717, 1.165) is 6.07 Å². The molecule has 1 aromatic carbocycles. The molecule has 0 amide bonds. The van der Waals surface area contributed by atoms with E-state index in [4.69, 9.17) is 5.11 Å². The standard InChI is InChI=1S/C9H9F3O2/c10-8-3-7(14-5-9(11)12)2-1-6(8)4-13/h1-3,9,13H,4-5H2. The summed E-state index contributed by atoms with van der Waals surface area (Å²) in [5.74, 6) is -0.640. The van der Waals surface area contributed by atoms with Crippen LogP contribution in [-0.4, -0.2) is 18.1 Å². The van der Waals surface area contributed by atoms with Crippen LogP contribution >= 0.6 is 0 Å². The van der Waals surface area contributed by atoms with Gasteiger partial charge >= 0.3 is 0 Å². The first-order valence-electron chi connectivity index (χ1n) is 3.93. The van der Waals surface area contributed by atoms with Gasteiger partial charge in [0.25, 0.3) is 6.43 Å². The molecule has 1 N–H and O–H groups in total. The first kappa shape index (κ1) is 10.8. The fraction of sp³-hybridized carbons (Fsp3) is 0.333. The molecule has 1 rings (SSSR count). The molecule has 0 aliphatic carbocycles. The minimum Gasteiger partial charge on any atom is -0.488 e. The van der Waals surface area contributed by atoms with Gasteiger partial charge in [0.2, 0.25) is 0 Å². The van der Waals surface area contributed by atoms with Crippen molar-refractivity contribution in [2.75, 3.05) is 6.61 Å². The third kappa shape index (κ3) is 2.92. The summed E-state index contributed by atoms with van der Waals surface area (Å²) in [6, 6.07) is 3.58. The number of rotatable bonds is 4. The van der Waals surface area contributed by atoms with Gasteiger partial charge in [0.15, 0.2) is 0 Å². The van der Waals surface area contributed by atoms with Crippen LogP contribution in [0.5, 0.6) is 5.75 Å². The quantitative estimate of drug-likeness (QED) is 0.815. The van der Waals surface area contributed by atoms with Crippen LogP contribution in [0.2, 0.25) is 0 Å². The molecule has 0 saturated carbocycles. The summed E-state index contributed by atoms with van der Waals surface area (Å²) < 4.78 is 40.9. The number of aliphatic hydroxyl groups is 1. The third-order valence-corrected chi connectivity index (χ3v) is 1.57. The molecule has 78 valence electrons. The van der Waals surface area contributed by atoms with Crippen molar-refractivity contribution in [1.82, 2.24) is 0 Å². The van der Waals surface area contributed by atoms with E-state index in [1.54, 1.807) is 0 Å². The van der Waals surface area contributed by atoms with E-state index in [-0.39, 0.29) is 11.3 Å². The average Bonchev–Trinajstić information content (AvgIpc) is 2.15. The van der Waals surface area contributed by atoms with Crippen molar-refractivity contribution in [3.8, 4) is 5.75 Å². The molecule has 0 radical (unpaired) electrons. The summed E-state index contributed by atoms with van der Waals surface area (Å²) in [5, 5.41) is 8.63. The highest BCUT2D eigenvalue weighted by Gasteiger charge is 2.06. The average molecular weight is 206 g/mol. The van der Waals surface area contributed by atoms with E-state index in [0.29, 0.717) is 0 Å². The van der Waals surface area contributed by atoms with E-state index in [9.17, 15) is 13.2 Å². The summed E-state index contributed by atoms with van der Waals surface area (Å²) in [5.41, 5.74) is 0.106. The lowest BCUT2D eigenvalue weighted by Crippen LogP contribution is -2.07. The van der Waals surface area contributed by atoms with Crippen molar-refractivity contribution in [3.63, 3.8) is 0 Å². The lowest BCUT2D eigenvalue weighted by molar-refractivity contribution is 0.0817. The molecule has 1 aromatic rings. The zero-order valence-corrected chi connectivity index (χ0v) is 7.21. The number of aliphatic hydroxyl groups excluding tert-OH is 1. The van der Waals surface area contributed by atoms with Gasteiger partial charge in [-0.25, -0.2) is 13.2 Å². The molecule has 0 aliphatic rings. The van der Waals surface area contributed by atoms with Crippen LogP contribution < -0.4 is 4.74 Å². The normalized spacial score (nSPS) is 10.6. The zero-order valence-electron chi connectivity index (χ0n) is 7.21. The molecule has 0 atom stereocenters. The van der Waals surface area contributed by atoms with Crippen molar-refractivity contribution >= 4 is 0 Å². The smallest absolute Gasteiger partial charge is 0.272 e. The number of halogens is 3. The van der Waals surface area contributed by atoms with Crippen LogP contribution in [0.1, 0.15) is 5.56 Å². The maximum atomic E-state index is 12.9. The Morgan fingerprint density at radius 1 is 1.36 bits per heavy atom. The van der Waals surface area contributed by atoms with Gasteiger partial charge in [0, 0.05) is 11.6 Å². The van der Waals surface area contributed by atoms with Gasteiger partial charge in [-0.05, 0) is 6.07 Å². The van der Waals surface area contributed by atoms with Gasteiger partial charge in [-0.2, -0.15) is 0 Å². The lowest BCUT2D eigenvalue weighted by atomic mass is 10.2. The Kier molecular flexibility index (Phi) is 3.76. The second-order valence-electron chi connectivity index (χ2n) is 2.61. The van der Waals surface area contributed by atoms with Crippen LogP contribution in [0.25, 0.3) is 0 Å². The molecule has 2 nitrogen and oxygen atoms in total. The third-order valence-electron chi connectivity index (χ3n) is 1.57. The Morgan fingerprint density at radius 3 is 2.57 bits per heavy atom. The Morgan fingerprint density at radius 2 is 2.07 bits per heavy atom. The SMILES string of the molecule is OCc1ccc(OCC(F)F)cc1F. The van der Waals surface area contributed by atoms with Gasteiger partial charge in [-0.15, -0.1) is 0 Å². The van der Waals surface area contributed by atoms with Crippen molar-refractivity contribution in [2.24, 2.45) is 0 Å². The summed E-state index contributed by atoms with van der Waals surface area (Å²) >= 11 is 0. The molecule has 0 aliphatic heterocycles. The largest absolute Gasteiger partial charge is 0.488 e. The van der Waals surface area contributed by atoms with Crippen LogP contribution in [0, 0.1) is 5.82 Å². The fourth-order valence-corrected chi connectivity index (χ4v) is 0.905. The highest BCUT2D eigenvalue weighted by Crippen LogP contribution is 2.17. The molecular weight excluding hydrogens is 197 g/mol. The van der Waals surface area contributed by atoms with Crippen molar-refractivity contribution in [3.05, 3.63) is 29.6 Å². The van der Waals surface area contributed by atoms with Crippen molar-refractivity contribution < 1.29 is 23.0 Å². The molecule has 0 aromatic heterocycles. The molecule has 0 heterocycles. The summed E-state index contributed by atoms with van der Waals surface area (Å²) in [6.45, 7) is -1.20. The van der Waals surface area contributed by atoms with Gasteiger partial charge < -0.3 is 9.84 Å². The number of hydrogen-bond acceptors (Lipinski definition) is 2. The summed E-state index contributed by atoms with van der Waals surface area (Å²) in [6.07, 6.45) is -2.59. The molecular formula is C9H9F3O2. The number of ether oxygens (including phenoxy) is 1. The summed E-state index contributed by atoms with van der Waals surface area (Å²) in [4.78, 5) is 0. The van der Waals surface area contributed by atoms with Gasteiger partial charge in [0.1, 0.15) is 18.2 Å². The highest BCUT2D eigenvalue weighted by atomic mass is 19.3. The minimum absolute atomic E-state index is 0.0278. The first-order valence-corrected chi connectivity index (χ1v) is 3.93. The van der Waals surface area contributed by atoms with Crippen molar-refractivity contribution in [2.45, 2.75) is 13.0 Å². The lowest BCUT2D eigenvalue weighted by Gasteiger charge is -2.06. The maximum absolute atomic E-state index is 12.9. The maximum Gasteiger partial charge on any atom is 0.272 e. The van der Waals surface area contributed by atoms with Crippen LogP contribution in [0.3, 0.4) is 0 Å². The van der Waals surface area contributed by atoms with E-state index < -0.39 is 25.5 Å². The highest BCUT2D eigenvalue weighted by molar-refractivity contribution is 5.28. The molecule has 0 saturated heterocycles. The Labute approximate surface area is 78.9 Å². The number of alkyl halides is 2. The predicted octanol–water partition coefficient (Wildman–Crippen LogP) is 1.96. The van der Waals surface area contributed by atoms with E-state index in [1.807, 2.05) is 0 Å². The zero-order chi connectivity index (χ0) is 10.6. The minimum atomic E-state index is -2.59. The molecule has 0 fully saturated rings. The van der Waals surface area contributed by atoms with Crippen LogP contribution in [-0.2, 0) is 6.61 Å². The topological polar surface area (TPSA) is 29.5 Å². The predicted molar refractivity (Wildman–Crippen MR) is 43.8 cm³/mol. The molecule has 0 bridgehead atoms. The van der Waals surface area contributed by atoms with Crippen molar-refractivity contribution in [1.29, 1.82) is 0 Å². The summed E-state index contributed by atoms with van der Waals surface area (Å²) in [7, 11) is 0. The first-order chi connectivity index (χ1) is 6.63. The number of hydrogen-bond donors (Lipinski definition) is 1. The van der Waals surface area contributed by atoms with E-state index in [1.165, 1.54) is 12.1 Å². The van der Waals surface area contributed by atoms with E-state index >= 15 is 0 Å². The Bertz CT molecular complexity index is 302. The molecule has 0 unspecified atom stereocenters. The van der Waals surface area contributed by atoms with Gasteiger partial charge in [-0.1, -0.05) is 6.07 Å².